The maximum Gasteiger partial charge on any atom is 0.263 e. The molecule has 2 aromatic heterocycles. The zero-order valence-electron chi connectivity index (χ0n) is 14.7. The number of aryl methyl sites for hydroxylation is 1. The van der Waals surface area contributed by atoms with Crippen molar-refractivity contribution in [2.24, 2.45) is 0 Å². The molecule has 0 amide bonds. The SMILES string of the molecule is Cc1cc(Nc2ccc(NS(=O)(=O)c3ccc(C(C)C)cc3)nc2)no1. The van der Waals surface area contributed by atoms with Gasteiger partial charge in [0.25, 0.3) is 10.0 Å². The average Bonchev–Trinajstić information content (AvgIpc) is 3.01. The van der Waals surface area contributed by atoms with E-state index in [1.165, 1.54) is 6.20 Å². The predicted molar refractivity (Wildman–Crippen MR) is 100 cm³/mol. The third kappa shape index (κ3) is 4.20. The zero-order chi connectivity index (χ0) is 18.7. The third-order valence-corrected chi connectivity index (χ3v) is 5.13. The quantitative estimate of drug-likeness (QED) is 0.678. The van der Waals surface area contributed by atoms with E-state index < -0.39 is 10.0 Å². The van der Waals surface area contributed by atoms with E-state index in [1.54, 1.807) is 37.3 Å². The van der Waals surface area contributed by atoms with Gasteiger partial charge in [0.1, 0.15) is 11.6 Å². The van der Waals surface area contributed by atoms with Crippen molar-refractivity contribution in [1.82, 2.24) is 10.1 Å². The van der Waals surface area contributed by atoms with E-state index in [4.69, 9.17) is 4.52 Å². The van der Waals surface area contributed by atoms with Gasteiger partial charge in [-0.1, -0.05) is 31.1 Å². The molecule has 3 aromatic rings. The number of sulfonamides is 1. The second-order valence-electron chi connectivity index (χ2n) is 6.21. The number of benzene rings is 1. The van der Waals surface area contributed by atoms with Crippen molar-refractivity contribution in [3.05, 3.63) is 60.0 Å². The van der Waals surface area contributed by atoms with E-state index >= 15 is 0 Å². The molecule has 0 saturated heterocycles. The molecule has 8 heteroatoms. The Hall–Kier alpha value is -2.87. The number of hydrogen-bond acceptors (Lipinski definition) is 6. The molecule has 0 unspecified atom stereocenters. The van der Waals surface area contributed by atoms with Gasteiger partial charge in [-0.25, -0.2) is 13.4 Å². The molecule has 2 N–H and O–H groups in total. The van der Waals surface area contributed by atoms with Crippen molar-refractivity contribution < 1.29 is 12.9 Å². The summed E-state index contributed by atoms with van der Waals surface area (Å²) in [5.74, 6) is 1.82. The van der Waals surface area contributed by atoms with E-state index in [1.807, 2.05) is 12.1 Å². The molecule has 2 heterocycles. The van der Waals surface area contributed by atoms with Gasteiger partial charge in [-0.2, -0.15) is 0 Å². The van der Waals surface area contributed by atoms with Crippen LogP contribution < -0.4 is 10.0 Å². The average molecular weight is 372 g/mol. The summed E-state index contributed by atoms with van der Waals surface area (Å²) in [7, 11) is -3.68. The number of aromatic nitrogens is 2. The van der Waals surface area contributed by atoms with Crippen molar-refractivity contribution in [2.45, 2.75) is 31.6 Å². The number of hydrogen-bond donors (Lipinski definition) is 2. The van der Waals surface area contributed by atoms with Crippen molar-refractivity contribution >= 4 is 27.3 Å². The Kier molecular flexibility index (Phi) is 4.94. The first-order valence-corrected chi connectivity index (χ1v) is 9.61. The normalized spacial score (nSPS) is 11.5. The largest absolute Gasteiger partial charge is 0.360 e. The number of pyridine rings is 1. The molecule has 0 saturated carbocycles. The van der Waals surface area contributed by atoms with Crippen molar-refractivity contribution in [3.63, 3.8) is 0 Å². The van der Waals surface area contributed by atoms with Gasteiger partial charge >= 0.3 is 0 Å². The van der Waals surface area contributed by atoms with Crippen LogP contribution in [0.1, 0.15) is 31.1 Å². The summed E-state index contributed by atoms with van der Waals surface area (Å²) in [4.78, 5) is 4.33. The molecule has 0 bridgehead atoms. The number of nitrogens with one attached hydrogen (secondary N) is 2. The van der Waals surface area contributed by atoms with Crippen LogP contribution in [0.5, 0.6) is 0 Å². The fourth-order valence-corrected chi connectivity index (χ4v) is 3.34. The van der Waals surface area contributed by atoms with Crippen LogP contribution in [0.3, 0.4) is 0 Å². The van der Waals surface area contributed by atoms with E-state index in [9.17, 15) is 8.42 Å². The fraction of sp³-hybridized carbons (Fsp3) is 0.222. The fourth-order valence-electron chi connectivity index (χ4n) is 2.33. The topological polar surface area (TPSA) is 97.1 Å². The highest BCUT2D eigenvalue weighted by atomic mass is 32.2. The van der Waals surface area contributed by atoms with Gasteiger partial charge in [-0.15, -0.1) is 0 Å². The van der Waals surface area contributed by atoms with E-state index in [0.717, 1.165) is 5.56 Å². The Morgan fingerprint density at radius 1 is 1.04 bits per heavy atom. The van der Waals surface area contributed by atoms with Gasteiger partial charge in [-0.3, -0.25) is 4.72 Å². The molecule has 26 heavy (non-hydrogen) atoms. The minimum absolute atomic E-state index is 0.198. The van der Waals surface area contributed by atoms with Crippen LogP contribution in [0.15, 0.2) is 58.1 Å². The van der Waals surface area contributed by atoms with Crippen LogP contribution in [-0.2, 0) is 10.0 Å². The summed E-state index contributed by atoms with van der Waals surface area (Å²) in [6, 6.07) is 11.9. The van der Waals surface area contributed by atoms with Crippen LogP contribution in [0.4, 0.5) is 17.3 Å². The summed E-state index contributed by atoms with van der Waals surface area (Å²) in [5.41, 5.74) is 1.75. The van der Waals surface area contributed by atoms with E-state index in [-0.39, 0.29) is 10.7 Å². The minimum atomic E-state index is -3.68. The Labute approximate surface area is 152 Å². The maximum absolute atomic E-state index is 12.5. The highest BCUT2D eigenvalue weighted by Gasteiger charge is 2.15. The predicted octanol–water partition coefficient (Wildman–Crippen LogP) is 4.05. The van der Waals surface area contributed by atoms with Gasteiger partial charge in [0.2, 0.25) is 0 Å². The maximum atomic E-state index is 12.5. The minimum Gasteiger partial charge on any atom is -0.360 e. The van der Waals surface area contributed by atoms with E-state index in [2.05, 4.69) is 34.0 Å². The Morgan fingerprint density at radius 2 is 1.77 bits per heavy atom. The molecular formula is C18H20N4O3S. The summed E-state index contributed by atoms with van der Waals surface area (Å²) in [6.07, 6.45) is 1.52. The molecule has 3 rings (SSSR count). The lowest BCUT2D eigenvalue weighted by Gasteiger charge is -2.10. The first-order valence-electron chi connectivity index (χ1n) is 8.13. The van der Waals surface area contributed by atoms with Gasteiger partial charge < -0.3 is 9.84 Å². The summed E-state index contributed by atoms with van der Waals surface area (Å²) < 4.78 is 32.4. The summed E-state index contributed by atoms with van der Waals surface area (Å²) >= 11 is 0. The zero-order valence-corrected chi connectivity index (χ0v) is 15.5. The van der Waals surface area contributed by atoms with Crippen LogP contribution >= 0.6 is 0 Å². The van der Waals surface area contributed by atoms with Crippen LogP contribution in [0, 0.1) is 6.92 Å². The molecule has 1 aromatic carbocycles. The molecule has 0 fully saturated rings. The van der Waals surface area contributed by atoms with Crippen molar-refractivity contribution in [1.29, 1.82) is 0 Å². The monoisotopic (exact) mass is 372 g/mol. The molecule has 0 spiro atoms. The van der Waals surface area contributed by atoms with E-state index in [0.29, 0.717) is 23.2 Å². The lowest BCUT2D eigenvalue weighted by atomic mass is 10.0. The van der Waals surface area contributed by atoms with Gasteiger partial charge in [-0.05, 0) is 42.7 Å². The van der Waals surface area contributed by atoms with Crippen molar-refractivity contribution in [3.8, 4) is 0 Å². The Bertz CT molecular complexity index is 978. The standard InChI is InChI=1S/C18H20N4O3S/c1-12(2)14-4-7-16(8-5-14)26(23,24)22-17-9-6-15(11-19-17)20-18-10-13(3)25-21-18/h4-12H,1-3H3,(H,19,22)(H,20,21). The number of nitrogens with zero attached hydrogens (tertiary/aromatic N) is 2. The Balaban J connectivity index is 1.71. The Morgan fingerprint density at radius 3 is 2.31 bits per heavy atom. The summed E-state index contributed by atoms with van der Waals surface area (Å²) in [6.45, 7) is 5.91. The van der Waals surface area contributed by atoms with Gasteiger partial charge in [0.05, 0.1) is 16.8 Å². The smallest absolute Gasteiger partial charge is 0.263 e. The number of anilines is 3. The molecular weight excluding hydrogens is 352 g/mol. The van der Waals surface area contributed by atoms with Gasteiger partial charge in [0.15, 0.2) is 5.82 Å². The van der Waals surface area contributed by atoms with Crippen molar-refractivity contribution in [2.75, 3.05) is 10.0 Å². The molecule has 7 nitrogen and oxygen atoms in total. The summed E-state index contributed by atoms with van der Waals surface area (Å²) in [5, 5.41) is 6.85. The molecule has 136 valence electrons. The molecule has 0 atom stereocenters. The molecule has 0 aliphatic heterocycles. The molecule has 0 aliphatic rings. The molecule has 0 radical (unpaired) electrons. The highest BCUT2D eigenvalue weighted by Crippen LogP contribution is 2.21. The van der Waals surface area contributed by atoms with Crippen LogP contribution in [0.25, 0.3) is 0 Å². The highest BCUT2D eigenvalue weighted by molar-refractivity contribution is 7.92. The lowest BCUT2D eigenvalue weighted by Crippen LogP contribution is -2.14. The first-order chi connectivity index (χ1) is 12.3. The lowest BCUT2D eigenvalue weighted by molar-refractivity contribution is 0.400. The van der Waals surface area contributed by atoms with Crippen LogP contribution in [-0.4, -0.2) is 18.6 Å². The second-order valence-corrected chi connectivity index (χ2v) is 7.89. The van der Waals surface area contributed by atoms with Crippen LogP contribution in [0.2, 0.25) is 0 Å². The first kappa shape index (κ1) is 17.9. The number of rotatable bonds is 6. The molecule has 0 aliphatic carbocycles. The van der Waals surface area contributed by atoms with Gasteiger partial charge in [0, 0.05) is 6.07 Å². The second kappa shape index (κ2) is 7.17. The third-order valence-electron chi connectivity index (χ3n) is 3.76.